The van der Waals surface area contributed by atoms with Crippen LogP contribution in [0.3, 0.4) is 0 Å². The molecule has 1 aliphatic rings. The average Bonchev–Trinajstić information content (AvgIpc) is 2.99. The van der Waals surface area contributed by atoms with Crippen molar-refractivity contribution in [3.8, 4) is 0 Å². The van der Waals surface area contributed by atoms with Gasteiger partial charge in [0.05, 0.1) is 0 Å². The summed E-state index contributed by atoms with van der Waals surface area (Å²) in [5, 5.41) is 16.9. The van der Waals surface area contributed by atoms with Crippen molar-refractivity contribution in [2.45, 2.75) is 38.3 Å². The number of hydrazone groups is 1. The van der Waals surface area contributed by atoms with Crippen LogP contribution in [0.5, 0.6) is 0 Å². The van der Waals surface area contributed by atoms with Gasteiger partial charge in [0, 0.05) is 28.6 Å². The number of aliphatic hydroxyl groups is 1. The molecule has 1 atom stereocenters. The number of carbonyl (C=O) groups excluding carboxylic acids is 1. The minimum Gasteiger partial charge on any atom is -0.365 e. The second-order valence-electron chi connectivity index (χ2n) is 6.21. The molecule has 0 aliphatic carbocycles. The van der Waals surface area contributed by atoms with Gasteiger partial charge in [-0.3, -0.25) is 4.79 Å². The zero-order chi connectivity index (χ0) is 17.9. The third-order valence-corrected chi connectivity index (χ3v) is 4.99. The number of hydrogen-bond acceptors (Lipinski definition) is 3. The molecule has 4 nitrogen and oxygen atoms in total. The maximum Gasteiger partial charge on any atom is 0.245 e. The number of nitrogens with zero attached hydrogens (tertiary/aromatic N) is 2. The highest BCUT2D eigenvalue weighted by Gasteiger charge is 2.45. The molecule has 3 rings (SSSR count). The second-order valence-corrected chi connectivity index (χ2v) is 7.13. The highest BCUT2D eigenvalue weighted by molar-refractivity contribution is 9.10. The monoisotopic (exact) mass is 400 g/mol. The number of carbonyl (C=O) groups is 1. The van der Waals surface area contributed by atoms with Gasteiger partial charge in [0.1, 0.15) is 0 Å². The highest BCUT2D eigenvalue weighted by Crippen LogP contribution is 2.37. The Morgan fingerprint density at radius 2 is 1.88 bits per heavy atom. The van der Waals surface area contributed by atoms with Crippen molar-refractivity contribution >= 4 is 27.5 Å². The Balaban J connectivity index is 1.81. The Bertz CT molecular complexity index is 774. The Morgan fingerprint density at radius 3 is 2.52 bits per heavy atom. The van der Waals surface area contributed by atoms with Crippen molar-refractivity contribution in [3.63, 3.8) is 0 Å². The topological polar surface area (TPSA) is 52.9 Å². The third kappa shape index (κ3) is 3.83. The van der Waals surface area contributed by atoms with Crippen LogP contribution in [-0.2, 0) is 16.9 Å². The van der Waals surface area contributed by atoms with Gasteiger partial charge in [0.25, 0.3) is 0 Å². The van der Waals surface area contributed by atoms with Crippen LogP contribution in [-0.4, -0.2) is 21.7 Å². The number of halogens is 1. The number of hydrogen-bond donors (Lipinski definition) is 1. The maximum atomic E-state index is 12.8. The van der Waals surface area contributed by atoms with Gasteiger partial charge in [-0.15, -0.1) is 0 Å². The van der Waals surface area contributed by atoms with Gasteiger partial charge in [0.2, 0.25) is 5.91 Å². The van der Waals surface area contributed by atoms with Crippen LogP contribution >= 0.6 is 15.9 Å². The van der Waals surface area contributed by atoms with Gasteiger partial charge in [-0.05, 0) is 30.5 Å². The summed E-state index contributed by atoms with van der Waals surface area (Å²) >= 11 is 3.40. The maximum absolute atomic E-state index is 12.8. The number of amides is 1. The molecule has 0 fully saturated rings. The van der Waals surface area contributed by atoms with E-state index in [1.165, 1.54) is 5.01 Å². The predicted molar refractivity (Wildman–Crippen MR) is 102 cm³/mol. The summed E-state index contributed by atoms with van der Waals surface area (Å²) in [5.74, 6) is -0.169. The van der Waals surface area contributed by atoms with Crippen molar-refractivity contribution in [2.75, 3.05) is 0 Å². The second kappa shape index (κ2) is 7.50. The van der Waals surface area contributed by atoms with Crippen LogP contribution in [0.4, 0.5) is 0 Å². The van der Waals surface area contributed by atoms with Crippen molar-refractivity contribution < 1.29 is 9.90 Å². The van der Waals surface area contributed by atoms with Gasteiger partial charge in [-0.2, -0.15) is 10.1 Å². The molecule has 1 amide bonds. The fraction of sp³-hybridized carbons (Fsp3) is 0.300. The van der Waals surface area contributed by atoms with E-state index in [4.69, 9.17) is 0 Å². The van der Waals surface area contributed by atoms with E-state index in [2.05, 4.69) is 21.0 Å². The lowest BCUT2D eigenvalue weighted by atomic mass is 9.96. The fourth-order valence-electron chi connectivity index (χ4n) is 3.02. The first-order chi connectivity index (χ1) is 12.0. The molecule has 25 heavy (non-hydrogen) atoms. The average molecular weight is 401 g/mol. The quantitative estimate of drug-likeness (QED) is 0.816. The molecule has 0 spiro atoms. The summed E-state index contributed by atoms with van der Waals surface area (Å²) in [7, 11) is 0. The number of rotatable bonds is 5. The number of aryl methyl sites for hydroxylation is 1. The standard InChI is InChI=1S/C20H21BrN2O2/c1-2-18-14-20(25,16-9-11-17(21)12-10-16)23(22-18)19(24)13-8-15-6-4-3-5-7-15/h3-7,9-12,25H,2,8,13-14H2,1H3. The van der Waals surface area contributed by atoms with Crippen molar-refractivity contribution in [1.29, 1.82) is 0 Å². The largest absolute Gasteiger partial charge is 0.365 e. The molecule has 2 aromatic rings. The van der Waals surface area contributed by atoms with E-state index >= 15 is 0 Å². The van der Waals surface area contributed by atoms with Crippen LogP contribution in [0, 0.1) is 0 Å². The lowest BCUT2D eigenvalue weighted by molar-refractivity contribution is -0.157. The summed E-state index contributed by atoms with van der Waals surface area (Å²) in [6, 6.07) is 17.3. The Hall–Kier alpha value is -1.98. The van der Waals surface area contributed by atoms with Crippen LogP contribution < -0.4 is 0 Å². The highest BCUT2D eigenvalue weighted by atomic mass is 79.9. The molecule has 0 radical (unpaired) electrons. The van der Waals surface area contributed by atoms with Crippen LogP contribution in [0.2, 0.25) is 0 Å². The first kappa shape index (κ1) is 17.8. The van der Waals surface area contributed by atoms with Crippen LogP contribution in [0.25, 0.3) is 0 Å². The van der Waals surface area contributed by atoms with Gasteiger partial charge in [-0.25, -0.2) is 0 Å². The van der Waals surface area contributed by atoms with Gasteiger partial charge < -0.3 is 5.11 Å². The van der Waals surface area contributed by atoms with Gasteiger partial charge >= 0.3 is 0 Å². The molecule has 1 heterocycles. The first-order valence-corrected chi connectivity index (χ1v) is 9.24. The smallest absolute Gasteiger partial charge is 0.245 e. The van der Waals surface area contributed by atoms with Crippen LogP contribution in [0.1, 0.15) is 37.3 Å². The van der Waals surface area contributed by atoms with Gasteiger partial charge in [-0.1, -0.05) is 65.3 Å². The zero-order valence-electron chi connectivity index (χ0n) is 14.2. The number of benzene rings is 2. The molecule has 5 heteroatoms. The van der Waals surface area contributed by atoms with E-state index in [0.29, 0.717) is 31.2 Å². The van der Waals surface area contributed by atoms with E-state index in [0.717, 1.165) is 15.7 Å². The summed E-state index contributed by atoms with van der Waals surface area (Å²) in [5.41, 5.74) is 1.20. The fourth-order valence-corrected chi connectivity index (χ4v) is 3.28. The van der Waals surface area contributed by atoms with E-state index in [1.807, 2.05) is 61.5 Å². The molecule has 2 aromatic carbocycles. The Morgan fingerprint density at radius 1 is 1.20 bits per heavy atom. The van der Waals surface area contributed by atoms with E-state index in [9.17, 15) is 9.90 Å². The minimum atomic E-state index is -1.40. The first-order valence-electron chi connectivity index (χ1n) is 8.44. The molecule has 1 unspecified atom stereocenters. The normalized spacial score (nSPS) is 19.8. The van der Waals surface area contributed by atoms with E-state index in [1.54, 1.807) is 0 Å². The molecule has 0 aromatic heterocycles. The Kier molecular flexibility index (Phi) is 5.35. The summed E-state index contributed by atoms with van der Waals surface area (Å²) in [6.07, 6.45) is 2.00. The summed E-state index contributed by atoms with van der Waals surface area (Å²) < 4.78 is 0.927. The lowest BCUT2D eigenvalue weighted by Crippen LogP contribution is -2.43. The molecule has 0 saturated heterocycles. The summed E-state index contributed by atoms with van der Waals surface area (Å²) in [4.78, 5) is 12.8. The van der Waals surface area contributed by atoms with Crippen molar-refractivity contribution in [3.05, 3.63) is 70.2 Å². The molecule has 0 saturated carbocycles. The zero-order valence-corrected chi connectivity index (χ0v) is 15.7. The lowest BCUT2D eigenvalue weighted by Gasteiger charge is -2.31. The molecule has 1 aliphatic heterocycles. The van der Waals surface area contributed by atoms with E-state index < -0.39 is 5.72 Å². The predicted octanol–water partition coefficient (Wildman–Crippen LogP) is 4.23. The minimum absolute atomic E-state index is 0.169. The SMILES string of the molecule is CCC1=NN(C(=O)CCc2ccccc2)C(O)(c2ccc(Br)cc2)C1. The van der Waals surface area contributed by atoms with Crippen molar-refractivity contribution in [1.82, 2.24) is 5.01 Å². The van der Waals surface area contributed by atoms with Crippen molar-refractivity contribution in [2.24, 2.45) is 5.10 Å². The van der Waals surface area contributed by atoms with E-state index in [-0.39, 0.29) is 5.91 Å². The molecular weight excluding hydrogens is 380 g/mol. The molecule has 1 N–H and O–H groups in total. The molecule has 0 bridgehead atoms. The third-order valence-electron chi connectivity index (χ3n) is 4.46. The molecular formula is C20H21BrN2O2. The van der Waals surface area contributed by atoms with Gasteiger partial charge in [0.15, 0.2) is 5.72 Å². The molecule has 130 valence electrons. The summed E-state index contributed by atoms with van der Waals surface area (Å²) in [6.45, 7) is 1.98. The van der Waals surface area contributed by atoms with Crippen LogP contribution in [0.15, 0.2) is 64.2 Å². The Labute approximate surface area is 156 Å².